The fourth-order valence-electron chi connectivity index (χ4n) is 1.63. The summed E-state index contributed by atoms with van der Waals surface area (Å²) in [5.41, 5.74) is 8.46. The van der Waals surface area contributed by atoms with E-state index in [1.54, 1.807) is 28.4 Å². The molecule has 3 aromatic rings. The lowest BCUT2D eigenvalue weighted by Crippen LogP contribution is -1.97. The highest BCUT2D eigenvalue weighted by atomic mass is 79.9. The van der Waals surface area contributed by atoms with E-state index >= 15 is 0 Å². The maximum absolute atomic E-state index is 5.98. The fraction of sp³-hybridized carbons (Fsp3) is 0. The summed E-state index contributed by atoms with van der Waals surface area (Å²) in [4.78, 5) is 4.28. The zero-order valence-electron chi connectivity index (χ0n) is 9.25. The third kappa shape index (κ3) is 2.04. The van der Waals surface area contributed by atoms with Crippen LogP contribution in [0.25, 0.3) is 17.1 Å². The molecule has 0 aliphatic carbocycles. The lowest BCUT2D eigenvalue weighted by molar-refractivity contribution is 0.850. The molecule has 0 aliphatic heterocycles. The van der Waals surface area contributed by atoms with E-state index in [2.05, 4.69) is 26.0 Å². The Labute approximate surface area is 116 Å². The number of hydrogen-bond donors (Lipinski definition) is 1. The molecule has 6 heteroatoms. The summed E-state index contributed by atoms with van der Waals surface area (Å²) in [5, 5.41) is 8.50. The average Bonchev–Trinajstić information content (AvgIpc) is 2.99. The molecule has 0 aliphatic rings. The monoisotopic (exact) mass is 320 g/mol. The minimum Gasteiger partial charge on any atom is -0.396 e. The molecule has 0 saturated heterocycles. The van der Waals surface area contributed by atoms with E-state index in [0.717, 1.165) is 21.5 Å². The molecule has 0 atom stereocenters. The van der Waals surface area contributed by atoms with Gasteiger partial charge in [-0.25, -0.2) is 9.67 Å². The zero-order valence-corrected chi connectivity index (χ0v) is 11.6. The highest BCUT2D eigenvalue weighted by molar-refractivity contribution is 9.10. The molecule has 0 unspecified atom stereocenters. The molecule has 0 saturated carbocycles. The van der Waals surface area contributed by atoms with E-state index in [0.29, 0.717) is 5.69 Å². The van der Waals surface area contributed by atoms with Crippen LogP contribution in [0.5, 0.6) is 0 Å². The highest BCUT2D eigenvalue weighted by Crippen LogP contribution is 2.26. The maximum atomic E-state index is 5.98. The van der Waals surface area contributed by atoms with Crippen LogP contribution in [0, 0.1) is 0 Å². The first-order valence-electron chi connectivity index (χ1n) is 5.23. The Morgan fingerprint density at radius 2 is 2.17 bits per heavy atom. The number of anilines is 1. The standard InChI is InChI=1S/C12H9BrN4S/c13-9-1-2-11(15-5-9)17-6-10(14)12(16-17)8-3-4-18-7-8/h1-7H,14H2. The lowest BCUT2D eigenvalue weighted by Gasteiger charge is -1.99. The van der Waals surface area contributed by atoms with E-state index in [9.17, 15) is 0 Å². The van der Waals surface area contributed by atoms with Gasteiger partial charge in [-0.05, 0) is 39.5 Å². The van der Waals surface area contributed by atoms with E-state index in [1.807, 2.05) is 29.0 Å². The van der Waals surface area contributed by atoms with Gasteiger partial charge >= 0.3 is 0 Å². The van der Waals surface area contributed by atoms with E-state index in [1.165, 1.54) is 0 Å². The van der Waals surface area contributed by atoms with Crippen molar-refractivity contribution in [1.29, 1.82) is 0 Å². The van der Waals surface area contributed by atoms with Crippen molar-refractivity contribution in [1.82, 2.24) is 14.8 Å². The minimum absolute atomic E-state index is 0.651. The van der Waals surface area contributed by atoms with Gasteiger partial charge < -0.3 is 5.73 Å². The zero-order chi connectivity index (χ0) is 12.5. The molecule has 0 amide bonds. The molecular weight excluding hydrogens is 312 g/mol. The summed E-state index contributed by atoms with van der Waals surface area (Å²) >= 11 is 4.98. The Bertz CT molecular complexity index is 658. The van der Waals surface area contributed by atoms with Crippen molar-refractivity contribution in [3.8, 4) is 17.1 Å². The second kappa shape index (κ2) is 4.55. The second-order valence-corrected chi connectivity index (χ2v) is 5.42. The van der Waals surface area contributed by atoms with Crippen molar-refractivity contribution in [3.63, 3.8) is 0 Å². The van der Waals surface area contributed by atoms with Crippen molar-refractivity contribution in [2.45, 2.75) is 0 Å². The molecular formula is C12H9BrN4S. The molecule has 0 radical (unpaired) electrons. The van der Waals surface area contributed by atoms with Crippen molar-refractivity contribution in [3.05, 3.63) is 45.8 Å². The number of hydrogen-bond acceptors (Lipinski definition) is 4. The van der Waals surface area contributed by atoms with Crippen molar-refractivity contribution >= 4 is 33.0 Å². The molecule has 3 heterocycles. The topological polar surface area (TPSA) is 56.7 Å². The first-order chi connectivity index (χ1) is 8.74. The number of thiophene rings is 1. The molecule has 2 N–H and O–H groups in total. The molecule has 0 bridgehead atoms. The van der Waals surface area contributed by atoms with Gasteiger partial charge in [-0.2, -0.15) is 16.4 Å². The predicted molar refractivity (Wildman–Crippen MR) is 76.8 cm³/mol. The van der Waals surface area contributed by atoms with Gasteiger partial charge in [-0.3, -0.25) is 0 Å². The van der Waals surface area contributed by atoms with E-state index in [4.69, 9.17) is 5.73 Å². The highest BCUT2D eigenvalue weighted by Gasteiger charge is 2.10. The van der Waals surface area contributed by atoms with Gasteiger partial charge in [0, 0.05) is 21.6 Å². The lowest BCUT2D eigenvalue weighted by atomic mass is 10.2. The average molecular weight is 321 g/mol. The smallest absolute Gasteiger partial charge is 0.153 e. The predicted octanol–water partition coefficient (Wildman–Crippen LogP) is 3.34. The summed E-state index contributed by atoms with van der Waals surface area (Å²) in [6.07, 6.45) is 3.51. The van der Waals surface area contributed by atoms with E-state index < -0.39 is 0 Å². The van der Waals surface area contributed by atoms with Crippen LogP contribution in [0.1, 0.15) is 0 Å². The summed E-state index contributed by atoms with van der Waals surface area (Å²) in [6, 6.07) is 5.81. The quantitative estimate of drug-likeness (QED) is 0.787. The molecule has 3 aromatic heterocycles. The van der Waals surface area contributed by atoms with Gasteiger partial charge in [-0.15, -0.1) is 0 Å². The number of pyridine rings is 1. The normalized spacial score (nSPS) is 10.7. The Morgan fingerprint density at radius 3 is 2.83 bits per heavy atom. The van der Waals surface area contributed by atoms with Gasteiger partial charge in [0.25, 0.3) is 0 Å². The van der Waals surface area contributed by atoms with Gasteiger partial charge in [0.05, 0.1) is 11.9 Å². The first kappa shape index (κ1) is 11.4. The molecule has 0 spiro atoms. The third-order valence-electron chi connectivity index (χ3n) is 2.48. The van der Waals surface area contributed by atoms with Crippen LogP contribution >= 0.6 is 27.3 Å². The Hall–Kier alpha value is -1.66. The summed E-state index contributed by atoms with van der Waals surface area (Å²) in [5.74, 6) is 0.742. The minimum atomic E-state index is 0.651. The fourth-order valence-corrected chi connectivity index (χ4v) is 2.51. The van der Waals surface area contributed by atoms with Crippen LogP contribution in [0.4, 0.5) is 5.69 Å². The molecule has 90 valence electrons. The number of nitrogens with zero attached hydrogens (tertiary/aromatic N) is 3. The molecule has 3 rings (SSSR count). The third-order valence-corrected chi connectivity index (χ3v) is 3.64. The summed E-state index contributed by atoms with van der Waals surface area (Å²) < 4.78 is 2.62. The molecule has 0 fully saturated rings. The number of nitrogen functional groups attached to an aromatic ring is 1. The van der Waals surface area contributed by atoms with Crippen molar-refractivity contribution in [2.75, 3.05) is 5.73 Å². The number of rotatable bonds is 2. The van der Waals surface area contributed by atoms with Crippen LogP contribution in [0.2, 0.25) is 0 Å². The van der Waals surface area contributed by atoms with Gasteiger partial charge in [0.1, 0.15) is 5.69 Å². The van der Waals surface area contributed by atoms with Crippen LogP contribution in [0.3, 0.4) is 0 Å². The summed E-state index contributed by atoms with van der Waals surface area (Å²) in [6.45, 7) is 0. The maximum Gasteiger partial charge on any atom is 0.153 e. The van der Waals surface area contributed by atoms with Crippen molar-refractivity contribution in [2.24, 2.45) is 0 Å². The molecule has 4 nitrogen and oxygen atoms in total. The van der Waals surface area contributed by atoms with Crippen LogP contribution < -0.4 is 5.73 Å². The van der Waals surface area contributed by atoms with Crippen LogP contribution in [0.15, 0.2) is 45.8 Å². The Morgan fingerprint density at radius 1 is 1.28 bits per heavy atom. The molecule has 0 aromatic carbocycles. The summed E-state index contributed by atoms with van der Waals surface area (Å²) in [7, 11) is 0. The largest absolute Gasteiger partial charge is 0.396 e. The number of nitrogens with two attached hydrogens (primary N) is 1. The van der Waals surface area contributed by atoms with Gasteiger partial charge in [0.15, 0.2) is 5.82 Å². The van der Waals surface area contributed by atoms with Gasteiger partial charge in [0.2, 0.25) is 0 Å². The van der Waals surface area contributed by atoms with Gasteiger partial charge in [-0.1, -0.05) is 0 Å². The second-order valence-electron chi connectivity index (χ2n) is 3.72. The Kier molecular flexibility index (Phi) is 2.89. The number of halogens is 1. The number of aromatic nitrogens is 3. The molecule has 18 heavy (non-hydrogen) atoms. The van der Waals surface area contributed by atoms with Crippen LogP contribution in [-0.4, -0.2) is 14.8 Å². The Balaban J connectivity index is 2.05. The van der Waals surface area contributed by atoms with Crippen LogP contribution in [-0.2, 0) is 0 Å². The SMILES string of the molecule is Nc1cn(-c2ccc(Br)cn2)nc1-c1ccsc1. The first-order valence-corrected chi connectivity index (χ1v) is 6.97. The van der Waals surface area contributed by atoms with E-state index in [-0.39, 0.29) is 0 Å². The van der Waals surface area contributed by atoms with Crippen molar-refractivity contribution < 1.29 is 0 Å².